The molecular formula is C11H28N2. The largest absolute Gasteiger partial charge is 0.329 e. The first-order valence-electron chi connectivity index (χ1n) is 5.86. The molecule has 0 bridgehead atoms. The summed E-state index contributed by atoms with van der Waals surface area (Å²) in [7, 11) is 0. The predicted molar refractivity (Wildman–Crippen MR) is 62.0 cm³/mol. The Morgan fingerprint density at radius 1 is 0.923 bits per heavy atom. The summed E-state index contributed by atoms with van der Waals surface area (Å²) in [5.41, 5.74) is 5.42. The lowest BCUT2D eigenvalue weighted by molar-refractivity contribution is 0.235. The molecular weight excluding hydrogens is 160 g/mol. The number of rotatable bonds is 2. The highest BCUT2D eigenvalue weighted by molar-refractivity contribution is 4.63. The van der Waals surface area contributed by atoms with E-state index in [0.29, 0.717) is 0 Å². The molecule has 13 heavy (non-hydrogen) atoms. The molecule has 0 aromatic carbocycles. The van der Waals surface area contributed by atoms with Crippen molar-refractivity contribution in [3.63, 3.8) is 0 Å². The predicted octanol–water partition coefficient (Wildman–Crippen LogP) is 2.48. The van der Waals surface area contributed by atoms with Crippen LogP contribution in [0.5, 0.6) is 0 Å². The molecule has 1 fully saturated rings. The van der Waals surface area contributed by atoms with Crippen LogP contribution in [0.15, 0.2) is 0 Å². The van der Waals surface area contributed by atoms with Gasteiger partial charge in [-0.2, -0.15) is 0 Å². The van der Waals surface area contributed by atoms with E-state index in [1.807, 2.05) is 27.7 Å². The van der Waals surface area contributed by atoms with Gasteiger partial charge >= 0.3 is 0 Å². The molecule has 1 heterocycles. The quantitative estimate of drug-likeness (QED) is 0.721. The van der Waals surface area contributed by atoms with Crippen LogP contribution < -0.4 is 5.73 Å². The van der Waals surface area contributed by atoms with Crippen LogP contribution in [-0.4, -0.2) is 31.1 Å². The standard InChI is InChI=1S/C7H16N2.2C2H6/c8-4-7-9-5-2-1-3-6-9;2*1-2/h1-8H2;2*1-2H3. The van der Waals surface area contributed by atoms with Crippen molar-refractivity contribution < 1.29 is 0 Å². The lowest BCUT2D eigenvalue weighted by Crippen LogP contribution is -2.33. The number of hydrogen-bond donors (Lipinski definition) is 1. The minimum absolute atomic E-state index is 0.819. The molecule has 0 atom stereocenters. The summed E-state index contributed by atoms with van der Waals surface area (Å²) >= 11 is 0. The lowest BCUT2D eigenvalue weighted by atomic mass is 10.1. The fraction of sp³-hybridized carbons (Fsp3) is 1.00. The third kappa shape index (κ3) is 9.84. The Kier molecular flexibility index (Phi) is 17.1. The van der Waals surface area contributed by atoms with Crippen molar-refractivity contribution in [1.82, 2.24) is 4.90 Å². The fourth-order valence-corrected chi connectivity index (χ4v) is 1.37. The molecule has 1 saturated heterocycles. The zero-order valence-corrected chi connectivity index (χ0v) is 9.97. The molecule has 1 rings (SSSR count). The molecule has 1 aliphatic heterocycles. The van der Waals surface area contributed by atoms with E-state index in [1.165, 1.54) is 32.4 Å². The smallest absolute Gasteiger partial charge is 0.0105 e. The van der Waals surface area contributed by atoms with Gasteiger partial charge in [-0.25, -0.2) is 0 Å². The van der Waals surface area contributed by atoms with Crippen LogP contribution >= 0.6 is 0 Å². The second-order valence-corrected chi connectivity index (χ2v) is 2.69. The van der Waals surface area contributed by atoms with Crippen molar-refractivity contribution in [2.45, 2.75) is 47.0 Å². The normalized spacial score (nSPS) is 16.4. The van der Waals surface area contributed by atoms with Crippen molar-refractivity contribution in [2.75, 3.05) is 26.2 Å². The maximum absolute atomic E-state index is 5.42. The third-order valence-corrected chi connectivity index (χ3v) is 1.89. The second-order valence-electron chi connectivity index (χ2n) is 2.69. The van der Waals surface area contributed by atoms with E-state index in [4.69, 9.17) is 5.73 Å². The molecule has 2 heteroatoms. The van der Waals surface area contributed by atoms with Crippen LogP contribution in [0.3, 0.4) is 0 Å². The Morgan fingerprint density at radius 2 is 1.38 bits per heavy atom. The monoisotopic (exact) mass is 188 g/mol. The van der Waals surface area contributed by atoms with Gasteiger partial charge in [-0.1, -0.05) is 34.1 Å². The average molecular weight is 188 g/mol. The van der Waals surface area contributed by atoms with E-state index in [2.05, 4.69) is 4.90 Å². The fourth-order valence-electron chi connectivity index (χ4n) is 1.37. The summed E-state index contributed by atoms with van der Waals surface area (Å²) in [6, 6.07) is 0. The van der Waals surface area contributed by atoms with Crippen molar-refractivity contribution >= 4 is 0 Å². The molecule has 0 aromatic rings. The van der Waals surface area contributed by atoms with Crippen molar-refractivity contribution in [3.8, 4) is 0 Å². The third-order valence-electron chi connectivity index (χ3n) is 1.89. The first kappa shape index (κ1) is 15.4. The maximum Gasteiger partial charge on any atom is 0.0105 e. The molecule has 1 aliphatic rings. The van der Waals surface area contributed by atoms with E-state index in [1.54, 1.807) is 0 Å². The van der Waals surface area contributed by atoms with Gasteiger partial charge < -0.3 is 10.6 Å². The molecule has 0 aromatic heterocycles. The second kappa shape index (κ2) is 14.4. The number of likely N-dealkylation sites (tertiary alicyclic amines) is 1. The van der Waals surface area contributed by atoms with E-state index < -0.39 is 0 Å². The van der Waals surface area contributed by atoms with Crippen molar-refractivity contribution in [2.24, 2.45) is 5.73 Å². The summed E-state index contributed by atoms with van der Waals surface area (Å²) in [5, 5.41) is 0. The molecule has 0 radical (unpaired) electrons. The minimum atomic E-state index is 0.819. The molecule has 0 aliphatic carbocycles. The van der Waals surface area contributed by atoms with E-state index in [9.17, 15) is 0 Å². The molecule has 0 amide bonds. The summed E-state index contributed by atoms with van der Waals surface area (Å²) in [5.74, 6) is 0. The van der Waals surface area contributed by atoms with E-state index in [0.717, 1.165) is 13.1 Å². The summed E-state index contributed by atoms with van der Waals surface area (Å²) < 4.78 is 0. The van der Waals surface area contributed by atoms with Crippen LogP contribution in [0.2, 0.25) is 0 Å². The molecule has 0 spiro atoms. The SMILES string of the molecule is CC.CC.NCCN1CCCCC1. The highest BCUT2D eigenvalue weighted by Crippen LogP contribution is 2.06. The Bertz CT molecular complexity index is 65.7. The van der Waals surface area contributed by atoms with Gasteiger partial charge in [0.15, 0.2) is 0 Å². The zero-order valence-electron chi connectivity index (χ0n) is 9.97. The highest BCUT2D eigenvalue weighted by atomic mass is 15.1. The topological polar surface area (TPSA) is 29.3 Å². The van der Waals surface area contributed by atoms with E-state index in [-0.39, 0.29) is 0 Å². The van der Waals surface area contributed by atoms with Gasteiger partial charge in [0.05, 0.1) is 0 Å². The van der Waals surface area contributed by atoms with Gasteiger partial charge in [-0.15, -0.1) is 0 Å². The van der Waals surface area contributed by atoms with Gasteiger partial charge in [0.25, 0.3) is 0 Å². The average Bonchev–Trinajstić information content (AvgIpc) is 2.26. The maximum atomic E-state index is 5.42. The molecule has 0 unspecified atom stereocenters. The van der Waals surface area contributed by atoms with Gasteiger partial charge in [0, 0.05) is 13.1 Å². The number of nitrogens with two attached hydrogens (primary N) is 1. The van der Waals surface area contributed by atoms with Crippen molar-refractivity contribution in [1.29, 1.82) is 0 Å². The summed E-state index contributed by atoms with van der Waals surface area (Å²) in [6.07, 6.45) is 4.17. The zero-order chi connectivity index (χ0) is 10.5. The van der Waals surface area contributed by atoms with Crippen LogP contribution in [0.4, 0.5) is 0 Å². The molecule has 2 N–H and O–H groups in total. The lowest BCUT2D eigenvalue weighted by Gasteiger charge is -2.25. The highest BCUT2D eigenvalue weighted by Gasteiger charge is 2.07. The van der Waals surface area contributed by atoms with Gasteiger partial charge in [0.2, 0.25) is 0 Å². The molecule has 0 saturated carbocycles. The summed E-state index contributed by atoms with van der Waals surface area (Å²) in [6.45, 7) is 12.5. The minimum Gasteiger partial charge on any atom is -0.329 e. The molecule has 2 nitrogen and oxygen atoms in total. The summed E-state index contributed by atoms with van der Waals surface area (Å²) in [4.78, 5) is 2.45. The van der Waals surface area contributed by atoms with Gasteiger partial charge in [-0.05, 0) is 25.9 Å². The Morgan fingerprint density at radius 3 is 1.77 bits per heavy atom. The van der Waals surface area contributed by atoms with Crippen LogP contribution in [-0.2, 0) is 0 Å². The Hall–Kier alpha value is -0.0800. The van der Waals surface area contributed by atoms with Crippen molar-refractivity contribution in [3.05, 3.63) is 0 Å². The van der Waals surface area contributed by atoms with Crippen LogP contribution in [0, 0.1) is 0 Å². The number of nitrogens with zero attached hydrogens (tertiary/aromatic N) is 1. The Labute approximate surface area is 84.5 Å². The Balaban J connectivity index is 0. The first-order valence-corrected chi connectivity index (χ1v) is 5.86. The van der Waals surface area contributed by atoms with Gasteiger partial charge in [0.1, 0.15) is 0 Å². The number of piperidine rings is 1. The number of hydrogen-bond acceptors (Lipinski definition) is 2. The van der Waals surface area contributed by atoms with E-state index >= 15 is 0 Å². The molecule has 82 valence electrons. The van der Waals surface area contributed by atoms with Crippen LogP contribution in [0.1, 0.15) is 47.0 Å². The first-order chi connectivity index (χ1) is 6.43. The van der Waals surface area contributed by atoms with Gasteiger partial charge in [-0.3, -0.25) is 0 Å². The van der Waals surface area contributed by atoms with Crippen LogP contribution in [0.25, 0.3) is 0 Å².